The van der Waals surface area contributed by atoms with E-state index >= 15 is 0 Å². The Morgan fingerprint density at radius 2 is 1.90 bits per heavy atom. The van der Waals surface area contributed by atoms with Crippen LogP contribution in [0.1, 0.15) is 41.2 Å². The summed E-state index contributed by atoms with van der Waals surface area (Å²) in [6, 6.07) is 17.4. The SMILES string of the molecule is CCCn1c(NCc2ccccc2)c(/C=C2/SC(=S)N(Cc3ccc4c(c3)OCO4)C2=O)c(C)c(C#N)c1=O. The summed E-state index contributed by atoms with van der Waals surface area (Å²) >= 11 is 6.78. The van der Waals surface area contributed by atoms with Crippen LogP contribution < -0.4 is 20.3 Å². The van der Waals surface area contributed by atoms with Crippen LogP contribution in [-0.2, 0) is 24.4 Å². The minimum atomic E-state index is -0.347. The highest BCUT2D eigenvalue weighted by Crippen LogP contribution is 2.37. The van der Waals surface area contributed by atoms with Crippen LogP contribution in [0.15, 0.2) is 58.2 Å². The van der Waals surface area contributed by atoms with E-state index in [2.05, 4.69) is 11.4 Å². The first-order valence-corrected chi connectivity index (χ1v) is 13.7. The summed E-state index contributed by atoms with van der Waals surface area (Å²) in [6.45, 7) is 5.07. The molecule has 2 aliphatic rings. The van der Waals surface area contributed by atoms with E-state index in [9.17, 15) is 14.9 Å². The van der Waals surface area contributed by atoms with E-state index in [1.807, 2.05) is 55.5 Å². The quantitative estimate of drug-likeness (QED) is 0.298. The van der Waals surface area contributed by atoms with E-state index in [1.165, 1.54) is 11.8 Å². The lowest BCUT2D eigenvalue weighted by Crippen LogP contribution is -2.28. The van der Waals surface area contributed by atoms with Crippen LogP contribution in [-0.4, -0.2) is 26.5 Å². The first kappa shape index (κ1) is 26.5. The lowest BCUT2D eigenvalue weighted by Gasteiger charge is -2.20. The number of benzene rings is 2. The van der Waals surface area contributed by atoms with Crippen LogP contribution in [0.4, 0.5) is 5.82 Å². The van der Waals surface area contributed by atoms with Gasteiger partial charge in [-0.25, -0.2) is 0 Å². The third kappa shape index (κ3) is 5.28. The van der Waals surface area contributed by atoms with Crippen LogP contribution in [0.5, 0.6) is 11.5 Å². The summed E-state index contributed by atoms with van der Waals surface area (Å²) in [5, 5.41) is 13.2. The molecule has 10 heteroatoms. The molecule has 3 aromatic rings. The van der Waals surface area contributed by atoms with Gasteiger partial charge in [0, 0.05) is 18.7 Å². The number of hydrogen-bond acceptors (Lipinski definition) is 8. The van der Waals surface area contributed by atoms with Crippen LogP contribution in [0.25, 0.3) is 6.08 Å². The number of rotatable bonds is 8. The van der Waals surface area contributed by atoms with Crippen molar-refractivity contribution in [2.45, 2.75) is 39.9 Å². The summed E-state index contributed by atoms with van der Waals surface area (Å²) in [6.07, 6.45) is 2.44. The highest BCUT2D eigenvalue weighted by Gasteiger charge is 2.33. The summed E-state index contributed by atoms with van der Waals surface area (Å²) in [4.78, 5) is 28.7. The van der Waals surface area contributed by atoms with Crippen molar-refractivity contribution in [1.29, 1.82) is 5.26 Å². The molecule has 0 radical (unpaired) electrons. The Balaban J connectivity index is 1.52. The van der Waals surface area contributed by atoms with Gasteiger partial charge >= 0.3 is 0 Å². The molecule has 0 bridgehead atoms. The monoisotopic (exact) mass is 558 g/mol. The fourth-order valence-electron chi connectivity index (χ4n) is 4.56. The molecule has 0 unspecified atom stereocenters. The maximum atomic E-state index is 13.5. The Kier molecular flexibility index (Phi) is 7.72. The molecule has 39 heavy (non-hydrogen) atoms. The average molecular weight is 559 g/mol. The number of thiocarbonyl (C=S) groups is 1. The zero-order chi connectivity index (χ0) is 27.5. The number of thioether (sulfide) groups is 1. The van der Waals surface area contributed by atoms with Gasteiger partial charge in [-0.3, -0.25) is 19.1 Å². The molecule has 0 spiro atoms. The van der Waals surface area contributed by atoms with Crippen molar-refractivity contribution in [3.63, 3.8) is 0 Å². The molecule has 2 aromatic carbocycles. The van der Waals surface area contributed by atoms with Crippen molar-refractivity contribution < 1.29 is 14.3 Å². The maximum absolute atomic E-state index is 13.5. The highest BCUT2D eigenvalue weighted by molar-refractivity contribution is 8.26. The third-order valence-electron chi connectivity index (χ3n) is 6.55. The molecular weight excluding hydrogens is 532 g/mol. The van der Waals surface area contributed by atoms with Crippen LogP contribution >= 0.6 is 24.0 Å². The fraction of sp³-hybridized carbons (Fsp3) is 0.241. The minimum Gasteiger partial charge on any atom is -0.454 e. The largest absolute Gasteiger partial charge is 0.454 e. The van der Waals surface area contributed by atoms with Crippen molar-refractivity contribution >= 4 is 46.1 Å². The second kappa shape index (κ2) is 11.4. The number of nitrogens with zero attached hydrogens (tertiary/aromatic N) is 3. The number of ether oxygens (including phenoxy) is 2. The molecule has 1 fully saturated rings. The lowest BCUT2D eigenvalue weighted by atomic mass is 10.0. The number of hydrogen-bond donors (Lipinski definition) is 1. The Labute approximate surface area is 235 Å². The van der Waals surface area contributed by atoms with E-state index in [0.29, 0.717) is 57.2 Å². The van der Waals surface area contributed by atoms with E-state index in [4.69, 9.17) is 21.7 Å². The van der Waals surface area contributed by atoms with E-state index < -0.39 is 0 Å². The first-order valence-electron chi connectivity index (χ1n) is 12.5. The van der Waals surface area contributed by atoms with Gasteiger partial charge in [-0.15, -0.1) is 0 Å². The molecule has 198 valence electrons. The first-order chi connectivity index (χ1) is 18.9. The molecule has 1 amide bonds. The van der Waals surface area contributed by atoms with Gasteiger partial charge in [-0.2, -0.15) is 5.26 Å². The smallest absolute Gasteiger partial charge is 0.270 e. The van der Waals surface area contributed by atoms with Gasteiger partial charge in [0.05, 0.1) is 11.4 Å². The van der Waals surface area contributed by atoms with Crippen LogP contribution in [0, 0.1) is 18.3 Å². The summed E-state index contributed by atoms with van der Waals surface area (Å²) in [5.41, 5.74) is 2.76. The van der Waals surface area contributed by atoms with E-state index in [1.54, 1.807) is 22.5 Å². The second-order valence-electron chi connectivity index (χ2n) is 9.13. The van der Waals surface area contributed by atoms with Crippen molar-refractivity contribution in [2.75, 3.05) is 12.1 Å². The Bertz CT molecular complexity index is 1590. The molecule has 5 rings (SSSR count). The molecule has 1 N–H and O–H groups in total. The number of carbonyl (C=O) groups excluding carboxylic acids is 1. The lowest BCUT2D eigenvalue weighted by molar-refractivity contribution is -0.122. The van der Waals surface area contributed by atoms with Gasteiger partial charge in [0.2, 0.25) is 6.79 Å². The van der Waals surface area contributed by atoms with E-state index in [0.717, 1.165) is 11.1 Å². The number of nitrogens with one attached hydrogen (secondary N) is 1. The number of amides is 1. The number of aromatic nitrogens is 1. The van der Waals surface area contributed by atoms with Gasteiger partial charge in [0.1, 0.15) is 21.8 Å². The molecule has 3 heterocycles. The average Bonchev–Trinajstić information content (AvgIpc) is 3.51. The summed E-state index contributed by atoms with van der Waals surface area (Å²) in [7, 11) is 0. The van der Waals surface area contributed by atoms with Crippen molar-refractivity contribution in [3.05, 3.63) is 91.6 Å². The molecule has 2 aliphatic heterocycles. The fourth-order valence-corrected chi connectivity index (χ4v) is 5.80. The van der Waals surface area contributed by atoms with Crippen molar-refractivity contribution in [3.8, 4) is 17.6 Å². The van der Waals surface area contributed by atoms with Gasteiger partial charge < -0.3 is 14.8 Å². The molecule has 0 aliphatic carbocycles. The van der Waals surface area contributed by atoms with E-state index in [-0.39, 0.29) is 30.4 Å². The number of anilines is 1. The second-order valence-corrected chi connectivity index (χ2v) is 10.8. The number of fused-ring (bicyclic) bond motifs is 1. The molecule has 8 nitrogen and oxygen atoms in total. The normalized spacial score (nSPS) is 15.2. The number of nitriles is 1. The Hall–Kier alpha value is -4.07. The molecule has 0 saturated carbocycles. The van der Waals surface area contributed by atoms with Crippen molar-refractivity contribution in [1.82, 2.24) is 9.47 Å². The zero-order valence-electron chi connectivity index (χ0n) is 21.5. The van der Waals surface area contributed by atoms with Gasteiger partial charge in [-0.1, -0.05) is 67.3 Å². The topological polar surface area (TPSA) is 96.6 Å². The predicted molar refractivity (Wildman–Crippen MR) is 155 cm³/mol. The number of pyridine rings is 1. The zero-order valence-corrected chi connectivity index (χ0v) is 23.2. The third-order valence-corrected chi connectivity index (χ3v) is 7.93. The van der Waals surface area contributed by atoms with Crippen LogP contribution in [0.2, 0.25) is 0 Å². The molecule has 1 aromatic heterocycles. The highest BCUT2D eigenvalue weighted by atomic mass is 32.2. The molecule has 0 atom stereocenters. The standard InChI is InChI=1S/C29H26N4O4S2/c1-3-11-32-26(31-15-19-7-5-4-6-8-19)21(18(2)22(14-30)27(32)34)13-25-28(35)33(29(38)39-25)16-20-9-10-23-24(12-20)37-17-36-23/h4-10,12-13,31H,3,11,15-17H2,1-2H3/b25-13+. The number of carbonyl (C=O) groups is 1. The van der Waals surface area contributed by atoms with Gasteiger partial charge in [-0.05, 0) is 48.2 Å². The Morgan fingerprint density at radius 3 is 2.64 bits per heavy atom. The minimum absolute atomic E-state index is 0.0656. The summed E-state index contributed by atoms with van der Waals surface area (Å²) in [5.74, 6) is 1.65. The van der Waals surface area contributed by atoms with Gasteiger partial charge in [0.15, 0.2) is 11.5 Å². The van der Waals surface area contributed by atoms with Gasteiger partial charge in [0.25, 0.3) is 11.5 Å². The van der Waals surface area contributed by atoms with Crippen molar-refractivity contribution in [2.24, 2.45) is 0 Å². The molecule has 1 saturated heterocycles. The Morgan fingerprint density at radius 1 is 1.13 bits per heavy atom. The maximum Gasteiger partial charge on any atom is 0.270 e. The summed E-state index contributed by atoms with van der Waals surface area (Å²) < 4.78 is 12.9. The van der Waals surface area contributed by atoms with Crippen LogP contribution in [0.3, 0.4) is 0 Å². The predicted octanol–water partition coefficient (Wildman–Crippen LogP) is 5.18. The molecular formula is C29H26N4O4S2.